The van der Waals surface area contributed by atoms with Crippen LogP contribution in [0.1, 0.15) is 17.4 Å². The molecule has 0 saturated carbocycles. The largest absolute Gasteiger partial charge is 0.348 e. The minimum atomic E-state index is 0.0749. The number of hydrogen-bond acceptors (Lipinski definition) is 3. The van der Waals surface area contributed by atoms with Gasteiger partial charge in [0.1, 0.15) is 0 Å². The number of aromatic amines is 1. The zero-order valence-electron chi connectivity index (χ0n) is 7.06. The van der Waals surface area contributed by atoms with Crippen molar-refractivity contribution >= 4 is 0 Å². The zero-order chi connectivity index (χ0) is 9.10. The predicted molar refractivity (Wildman–Crippen MR) is 47.0 cm³/mol. The highest BCUT2D eigenvalue weighted by molar-refractivity contribution is 5.19. The van der Waals surface area contributed by atoms with Gasteiger partial charge in [0.25, 0.3) is 0 Å². The first-order chi connectivity index (χ1) is 6.42. The van der Waals surface area contributed by atoms with E-state index in [1.54, 1.807) is 6.33 Å². The summed E-state index contributed by atoms with van der Waals surface area (Å²) >= 11 is 0. The molecule has 1 unspecified atom stereocenters. The lowest BCUT2D eigenvalue weighted by molar-refractivity contribution is 0.500. The van der Waals surface area contributed by atoms with Crippen LogP contribution in [0.25, 0.3) is 10.4 Å². The molecule has 1 atom stereocenters. The summed E-state index contributed by atoms with van der Waals surface area (Å²) in [6, 6.07) is 0.0749. The minimum Gasteiger partial charge on any atom is -0.348 e. The average Bonchev–Trinajstić information content (AvgIpc) is 2.62. The van der Waals surface area contributed by atoms with Crippen LogP contribution in [0.2, 0.25) is 0 Å². The van der Waals surface area contributed by atoms with Crippen molar-refractivity contribution in [3.8, 4) is 0 Å². The van der Waals surface area contributed by atoms with Gasteiger partial charge in [-0.2, -0.15) is 0 Å². The Hall–Kier alpha value is -1.52. The van der Waals surface area contributed by atoms with Gasteiger partial charge in [-0.05, 0) is 5.53 Å². The highest BCUT2D eigenvalue weighted by atomic mass is 15.2. The molecule has 0 spiro atoms. The summed E-state index contributed by atoms with van der Waals surface area (Å²) in [5.41, 5.74) is 10.3. The number of H-pyrrole nitrogens is 1. The van der Waals surface area contributed by atoms with E-state index < -0.39 is 0 Å². The van der Waals surface area contributed by atoms with E-state index in [1.807, 2.05) is 0 Å². The standard InChI is InChI=1S/C7H10N6/c8-13-12-3-6-7-5(1-2-9-6)10-4-11-7/h4,6,9H,1-3H2,(H,10,11). The number of azide groups is 1. The number of imidazole rings is 1. The second kappa shape index (κ2) is 3.47. The van der Waals surface area contributed by atoms with Crippen LogP contribution in [0.5, 0.6) is 0 Å². The highest BCUT2D eigenvalue weighted by Crippen LogP contribution is 2.18. The Bertz CT molecular complexity index is 337. The molecule has 1 aromatic rings. The third kappa shape index (κ3) is 1.49. The quantitative estimate of drug-likeness (QED) is 0.400. The van der Waals surface area contributed by atoms with Gasteiger partial charge >= 0.3 is 0 Å². The second-order valence-corrected chi connectivity index (χ2v) is 2.94. The summed E-state index contributed by atoms with van der Waals surface area (Å²) < 4.78 is 0. The van der Waals surface area contributed by atoms with Crippen LogP contribution >= 0.6 is 0 Å². The number of fused-ring (bicyclic) bond motifs is 1. The van der Waals surface area contributed by atoms with Gasteiger partial charge in [0.15, 0.2) is 0 Å². The third-order valence-electron chi connectivity index (χ3n) is 2.17. The average molecular weight is 178 g/mol. The molecule has 2 rings (SSSR count). The Balaban J connectivity index is 2.19. The second-order valence-electron chi connectivity index (χ2n) is 2.94. The first-order valence-electron chi connectivity index (χ1n) is 4.18. The molecule has 1 aliphatic heterocycles. The van der Waals surface area contributed by atoms with Gasteiger partial charge in [0.05, 0.1) is 18.1 Å². The number of hydrogen-bond donors (Lipinski definition) is 2. The molecule has 0 radical (unpaired) electrons. The van der Waals surface area contributed by atoms with Crippen molar-refractivity contribution in [1.82, 2.24) is 15.3 Å². The molecule has 0 amide bonds. The maximum absolute atomic E-state index is 8.20. The van der Waals surface area contributed by atoms with Gasteiger partial charge in [-0.25, -0.2) is 4.98 Å². The van der Waals surface area contributed by atoms with E-state index >= 15 is 0 Å². The molecular weight excluding hydrogens is 168 g/mol. The van der Waals surface area contributed by atoms with Crippen LogP contribution in [-0.2, 0) is 6.42 Å². The van der Waals surface area contributed by atoms with Gasteiger partial charge in [0, 0.05) is 30.1 Å². The van der Waals surface area contributed by atoms with Crippen molar-refractivity contribution in [2.75, 3.05) is 13.1 Å². The van der Waals surface area contributed by atoms with E-state index in [-0.39, 0.29) is 6.04 Å². The normalized spacial score (nSPS) is 20.5. The molecule has 0 bridgehead atoms. The smallest absolute Gasteiger partial charge is 0.0925 e. The molecule has 0 saturated heterocycles. The van der Waals surface area contributed by atoms with Gasteiger partial charge in [-0.1, -0.05) is 5.11 Å². The summed E-state index contributed by atoms with van der Waals surface area (Å²) in [4.78, 5) is 10.0. The topological polar surface area (TPSA) is 89.5 Å². The van der Waals surface area contributed by atoms with E-state index in [4.69, 9.17) is 5.53 Å². The molecule has 1 aliphatic rings. The molecule has 2 N–H and O–H groups in total. The molecule has 68 valence electrons. The van der Waals surface area contributed by atoms with Crippen LogP contribution in [0, 0.1) is 0 Å². The van der Waals surface area contributed by atoms with E-state index in [9.17, 15) is 0 Å². The molecule has 0 aliphatic carbocycles. The molecule has 0 fully saturated rings. The lowest BCUT2D eigenvalue weighted by atomic mass is 10.1. The number of nitrogens with zero attached hydrogens (tertiary/aromatic N) is 4. The Labute approximate surface area is 75.0 Å². The monoisotopic (exact) mass is 178 g/mol. The van der Waals surface area contributed by atoms with Crippen molar-refractivity contribution in [1.29, 1.82) is 0 Å². The van der Waals surface area contributed by atoms with Crippen molar-refractivity contribution < 1.29 is 0 Å². The fourth-order valence-corrected chi connectivity index (χ4v) is 1.57. The Morgan fingerprint density at radius 3 is 3.54 bits per heavy atom. The minimum absolute atomic E-state index is 0.0749. The Morgan fingerprint density at radius 2 is 2.69 bits per heavy atom. The summed E-state index contributed by atoms with van der Waals surface area (Å²) in [5.74, 6) is 0. The summed E-state index contributed by atoms with van der Waals surface area (Å²) in [7, 11) is 0. The van der Waals surface area contributed by atoms with E-state index in [2.05, 4.69) is 25.3 Å². The maximum atomic E-state index is 8.20. The fourth-order valence-electron chi connectivity index (χ4n) is 1.57. The summed E-state index contributed by atoms with van der Waals surface area (Å²) in [6.07, 6.45) is 2.64. The lowest BCUT2D eigenvalue weighted by Crippen LogP contribution is -2.31. The number of nitrogens with one attached hydrogen (secondary N) is 2. The SMILES string of the molecule is [N-]=[N+]=NCC1NCCc2[nH]cnc21. The fraction of sp³-hybridized carbons (Fsp3) is 0.571. The molecule has 0 aromatic carbocycles. The van der Waals surface area contributed by atoms with E-state index in [1.165, 1.54) is 0 Å². The van der Waals surface area contributed by atoms with E-state index in [0.717, 1.165) is 24.4 Å². The molecule has 6 nitrogen and oxygen atoms in total. The van der Waals surface area contributed by atoms with Crippen molar-refractivity contribution in [3.05, 3.63) is 28.2 Å². The van der Waals surface area contributed by atoms with Crippen LogP contribution in [0.3, 0.4) is 0 Å². The summed E-state index contributed by atoms with van der Waals surface area (Å²) in [6.45, 7) is 1.33. The van der Waals surface area contributed by atoms with Gasteiger partial charge < -0.3 is 10.3 Å². The molecule has 6 heteroatoms. The first kappa shape index (κ1) is 8.10. The molecular formula is C7H10N6. The number of rotatable bonds is 2. The molecule has 2 heterocycles. The molecule has 13 heavy (non-hydrogen) atoms. The van der Waals surface area contributed by atoms with Gasteiger partial charge in [-0.3, -0.25) is 0 Å². The van der Waals surface area contributed by atoms with E-state index in [0.29, 0.717) is 6.54 Å². The van der Waals surface area contributed by atoms with Gasteiger partial charge in [0.2, 0.25) is 0 Å². The maximum Gasteiger partial charge on any atom is 0.0925 e. The third-order valence-corrected chi connectivity index (χ3v) is 2.17. The van der Waals surface area contributed by atoms with Crippen LogP contribution in [0.4, 0.5) is 0 Å². The predicted octanol–water partition coefficient (Wildman–Crippen LogP) is 0.907. The van der Waals surface area contributed by atoms with Crippen LogP contribution in [-0.4, -0.2) is 23.1 Å². The van der Waals surface area contributed by atoms with Crippen LogP contribution < -0.4 is 5.32 Å². The van der Waals surface area contributed by atoms with Gasteiger partial charge in [-0.15, -0.1) is 0 Å². The van der Waals surface area contributed by atoms with Crippen molar-refractivity contribution in [2.24, 2.45) is 5.11 Å². The van der Waals surface area contributed by atoms with Crippen molar-refractivity contribution in [3.63, 3.8) is 0 Å². The lowest BCUT2D eigenvalue weighted by Gasteiger charge is -2.20. The first-order valence-corrected chi connectivity index (χ1v) is 4.18. The Kier molecular flexibility index (Phi) is 2.16. The number of aromatic nitrogens is 2. The summed E-state index contributed by atoms with van der Waals surface area (Å²) in [5, 5.41) is 6.79. The molecule has 1 aromatic heterocycles. The van der Waals surface area contributed by atoms with Crippen LogP contribution in [0.15, 0.2) is 11.4 Å². The van der Waals surface area contributed by atoms with Crippen molar-refractivity contribution in [2.45, 2.75) is 12.5 Å². The highest BCUT2D eigenvalue weighted by Gasteiger charge is 2.20. The Morgan fingerprint density at radius 1 is 1.77 bits per heavy atom. The zero-order valence-corrected chi connectivity index (χ0v) is 7.06.